The van der Waals surface area contributed by atoms with E-state index < -0.39 is 0 Å². The highest BCUT2D eigenvalue weighted by atomic mass is 19.1. The van der Waals surface area contributed by atoms with Crippen molar-refractivity contribution in [2.24, 2.45) is 5.92 Å². The largest absolute Gasteiger partial charge is 0.368 e. The zero-order valence-corrected chi connectivity index (χ0v) is 18.9. The smallest absolute Gasteiger partial charge is 0.225 e. The molecule has 2 aliphatic heterocycles. The van der Waals surface area contributed by atoms with Crippen LogP contribution in [0.4, 0.5) is 20.3 Å². The van der Waals surface area contributed by atoms with Gasteiger partial charge >= 0.3 is 0 Å². The fourth-order valence-electron chi connectivity index (χ4n) is 4.72. The van der Waals surface area contributed by atoms with Gasteiger partial charge < -0.3 is 14.7 Å². The van der Waals surface area contributed by atoms with Crippen LogP contribution in [0.25, 0.3) is 11.3 Å². The van der Waals surface area contributed by atoms with E-state index in [1.165, 1.54) is 24.3 Å². The second kappa shape index (κ2) is 9.75. The van der Waals surface area contributed by atoms with Crippen molar-refractivity contribution in [2.45, 2.75) is 12.8 Å². The number of benzene rings is 2. The van der Waals surface area contributed by atoms with Crippen molar-refractivity contribution in [3.05, 3.63) is 72.3 Å². The number of amides is 1. The zero-order valence-electron chi connectivity index (χ0n) is 18.9. The predicted molar refractivity (Wildman–Crippen MR) is 128 cm³/mol. The maximum absolute atomic E-state index is 13.2. The summed E-state index contributed by atoms with van der Waals surface area (Å²) in [5.74, 6) is 0.542. The summed E-state index contributed by atoms with van der Waals surface area (Å²) in [4.78, 5) is 19.4. The Labute approximate surface area is 197 Å². The normalized spacial score (nSPS) is 17.2. The SMILES string of the molecule is O=C(C1CCN(c2ccc(-c3ccc(F)cc3)nn2)CC1)N1CCN(c2ccc(F)cc2)CC1. The van der Waals surface area contributed by atoms with Gasteiger partial charge in [0.1, 0.15) is 11.6 Å². The fourth-order valence-corrected chi connectivity index (χ4v) is 4.72. The van der Waals surface area contributed by atoms with Gasteiger partial charge in [-0.25, -0.2) is 8.78 Å². The zero-order chi connectivity index (χ0) is 23.5. The minimum absolute atomic E-state index is 0.0278. The van der Waals surface area contributed by atoms with E-state index in [1.807, 2.05) is 17.0 Å². The number of hydrogen-bond acceptors (Lipinski definition) is 5. The Kier molecular flexibility index (Phi) is 6.38. The van der Waals surface area contributed by atoms with E-state index in [0.717, 1.165) is 56.1 Å². The molecule has 2 aliphatic rings. The van der Waals surface area contributed by atoms with Gasteiger partial charge in [0, 0.05) is 56.4 Å². The van der Waals surface area contributed by atoms with Crippen LogP contribution in [0.2, 0.25) is 0 Å². The van der Waals surface area contributed by atoms with Gasteiger partial charge in [-0.1, -0.05) is 0 Å². The molecule has 8 heteroatoms. The lowest BCUT2D eigenvalue weighted by Crippen LogP contribution is -2.51. The van der Waals surface area contributed by atoms with E-state index in [1.54, 1.807) is 24.3 Å². The van der Waals surface area contributed by atoms with Gasteiger partial charge in [0.25, 0.3) is 0 Å². The van der Waals surface area contributed by atoms with Gasteiger partial charge in [-0.3, -0.25) is 4.79 Å². The predicted octanol–water partition coefficient (Wildman–Crippen LogP) is 3.99. The monoisotopic (exact) mass is 463 g/mol. The maximum Gasteiger partial charge on any atom is 0.225 e. The number of nitrogens with zero attached hydrogens (tertiary/aromatic N) is 5. The molecule has 0 bridgehead atoms. The Hall–Kier alpha value is -3.55. The lowest BCUT2D eigenvalue weighted by atomic mass is 9.95. The van der Waals surface area contributed by atoms with Gasteiger partial charge in [-0.15, -0.1) is 10.2 Å². The third-order valence-electron chi connectivity index (χ3n) is 6.74. The molecule has 34 heavy (non-hydrogen) atoms. The van der Waals surface area contributed by atoms with Crippen LogP contribution in [0.1, 0.15) is 12.8 Å². The summed E-state index contributed by atoms with van der Waals surface area (Å²) in [7, 11) is 0. The van der Waals surface area contributed by atoms with E-state index in [0.29, 0.717) is 18.8 Å². The third-order valence-corrected chi connectivity index (χ3v) is 6.74. The number of anilines is 2. The van der Waals surface area contributed by atoms with Gasteiger partial charge in [-0.05, 0) is 73.5 Å². The number of carbonyl (C=O) groups excluding carboxylic acids is 1. The van der Waals surface area contributed by atoms with Crippen LogP contribution in [-0.4, -0.2) is 60.3 Å². The fraction of sp³-hybridized carbons (Fsp3) is 0.346. The van der Waals surface area contributed by atoms with Gasteiger partial charge in [0.05, 0.1) is 5.69 Å². The first-order chi connectivity index (χ1) is 16.6. The first-order valence-corrected chi connectivity index (χ1v) is 11.7. The van der Waals surface area contributed by atoms with Gasteiger partial charge in [0.2, 0.25) is 5.91 Å². The molecule has 0 spiro atoms. The summed E-state index contributed by atoms with van der Waals surface area (Å²) in [6, 6.07) is 16.6. The summed E-state index contributed by atoms with van der Waals surface area (Å²) < 4.78 is 26.3. The summed E-state index contributed by atoms with van der Waals surface area (Å²) in [6.07, 6.45) is 1.58. The van der Waals surface area contributed by atoms with Gasteiger partial charge in [0.15, 0.2) is 5.82 Å². The minimum Gasteiger partial charge on any atom is -0.368 e. The lowest BCUT2D eigenvalue weighted by molar-refractivity contribution is -0.136. The molecule has 0 unspecified atom stereocenters. The number of hydrogen-bond donors (Lipinski definition) is 0. The quantitative estimate of drug-likeness (QED) is 0.586. The number of halogens is 2. The molecule has 3 aromatic rings. The molecule has 3 heterocycles. The Balaban J connectivity index is 1.12. The van der Waals surface area contributed by atoms with Crippen molar-refractivity contribution in [3.8, 4) is 11.3 Å². The van der Waals surface area contributed by atoms with Crippen LogP contribution in [0.3, 0.4) is 0 Å². The Bertz CT molecular complexity index is 1110. The van der Waals surface area contributed by atoms with Crippen molar-refractivity contribution < 1.29 is 13.6 Å². The van der Waals surface area contributed by atoms with Crippen molar-refractivity contribution >= 4 is 17.4 Å². The summed E-state index contributed by atoms with van der Waals surface area (Å²) >= 11 is 0. The second-order valence-electron chi connectivity index (χ2n) is 8.83. The summed E-state index contributed by atoms with van der Waals surface area (Å²) in [5, 5.41) is 8.66. The van der Waals surface area contributed by atoms with Crippen LogP contribution >= 0.6 is 0 Å². The molecule has 0 atom stereocenters. The topological polar surface area (TPSA) is 52.6 Å². The molecule has 0 radical (unpaired) electrons. The molecule has 2 aromatic carbocycles. The molecule has 6 nitrogen and oxygen atoms in total. The highest BCUT2D eigenvalue weighted by Crippen LogP contribution is 2.26. The molecule has 0 N–H and O–H groups in total. The number of carbonyl (C=O) groups is 1. The first-order valence-electron chi connectivity index (χ1n) is 11.7. The Morgan fingerprint density at radius 2 is 1.32 bits per heavy atom. The van der Waals surface area contributed by atoms with Crippen LogP contribution < -0.4 is 9.80 Å². The average molecular weight is 464 g/mol. The lowest BCUT2D eigenvalue weighted by Gasteiger charge is -2.39. The highest BCUT2D eigenvalue weighted by Gasteiger charge is 2.31. The van der Waals surface area contributed by atoms with Gasteiger partial charge in [-0.2, -0.15) is 0 Å². The second-order valence-corrected chi connectivity index (χ2v) is 8.83. The summed E-state index contributed by atoms with van der Waals surface area (Å²) in [5.41, 5.74) is 2.52. The first kappa shape index (κ1) is 22.3. The molecule has 1 aromatic heterocycles. The molecule has 5 rings (SSSR count). The van der Waals surface area contributed by atoms with E-state index >= 15 is 0 Å². The highest BCUT2D eigenvalue weighted by molar-refractivity contribution is 5.79. The third kappa shape index (κ3) is 4.85. The van der Waals surface area contributed by atoms with Crippen molar-refractivity contribution in [2.75, 3.05) is 49.1 Å². The van der Waals surface area contributed by atoms with E-state index in [9.17, 15) is 13.6 Å². The van der Waals surface area contributed by atoms with Crippen LogP contribution in [0.15, 0.2) is 60.7 Å². The number of aromatic nitrogens is 2. The average Bonchev–Trinajstić information content (AvgIpc) is 2.90. The molecular formula is C26H27F2N5O. The Morgan fingerprint density at radius 3 is 1.91 bits per heavy atom. The summed E-state index contributed by atoms with van der Waals surface area (Å²) in [6.45, 7) is 4.41. The van der Waals surface area contributed by atoms with Crippen LogP contribution in [0, 0.1) is 17.6 Å². The maximum atomic E-state index is 13.2. The van der Waals surface area contributed by atoms with E-state index in [4.69, 9.17) is 0 Å². The molecule has 0 aliphatic carbocycles. The number of rotatable bonds is 4. The molecule has 0 saturated carbocycles. The van der Waals surface area contributed by atoms with Crippen molar-refractivity contribution in [1.29, 1.82) is 0 Å². The molecular weight excluding hydrogens is 436 g/mol. The van der Waals surface area contributed by atoms with Crippen LogP contribution in [0.5, 0.6) is 0 Å². The van der Waals surface area contributed by atoms with Crippen molar-refractivity contribution in [1.82, 2.24) is 15.1 Å². The minimum atomic E-state index is -0.277. The van der Waals surface area contributed by atoms with Crippen LogP contribution in [-0.2, 0) is 4.79 Å². The molecule has 2 fully saturated rings. The standard InChI is InChI=1S/C26H27F2N5O/c27-21-3-1-19(2-4-21)24-9-10-25(30-29-24)32-13-11-20(12-14-32)26(34)33-17-15-31(16-18-33)23-7-5-22(28)6-8-23/h1-10,20H,11-18H2. The molecule has 1 amide bonds. The molecule has 176 valence electrons. The molecule has 2 saturated heterocycles. The Morgan fingerprint density at radius 1 is 0.706 bits per heavy atom. The van der Waals surface area contributed by atoms with Crippen molar-refractivity contribution in [3.63, 3.8) is 0 Å². The number of piperazine rings is 1. The van der Waals surface area contributed by atoms with E-state index in [-0.39, 0.29) is 23.5 Å². The van der Waals surface area contributed by atoms with E-state index in [2.05, 4.69) is 20.0 Å². The number of piperidine rings is 1.